The van der Waals surface area contributed by atoms with Crippen molar-refractivity contribution in [2.24, 2.45) is 0 Å². The van der Waals surface area contributed by atoms with E-state index in [1.54, 1.807) is 13.1 Å². The summed E-state index contributed by atoms with van der Waals surface area (Å²) >= 11 is 0. The van der Waals surface area contributed by atoms with Crippen molar-refractivity contribution in [3.05, 3.63) is 29.6 Å². The van der Waals surface area contributed by atoms with Gasteiger partial charge in [0.2, 0.25) is 0 Å². The van der Waals surface area contributed by atoms with Crippen molar-refractivity contribution >= 4 is 5.69 Å². The third kappa shape index (κ3) is 2.44. The van der Waals surface area contributed by atoms with E-state index in [-0.39, 0.29) is 5.82 Å². The van der Waals surface area contributed by atoms with Crippen molar-refractivity contribution in [1.82, 2.24) is 0 Å². The molecule has 1 N–H and O–H groups in total. The molecule has 13 heavy (non-hydrogen) atoms. The Bertz CT molecular complexity index is 271. The lowest BCUT2D eigenvalue weighted by Crippen LogP contribution is -1.98. The van der Waals surface area contributed by atoms with Crippen LogP contribution in [0, 0.1) is 5.82 Å². The van der Waals surface area contributed by atoms with Crippen LogP contribution in [-0.2, 0) is 6.42 Å². The molecule has 0 aliphatic carbocycles. The second-order valence-corrected chi connectivity index (χ2v) is 3.13. The Labute approximate surface area is 79.0 Å². The van der Waals surface area contributed by atoms with E-state index in [4.69, 9.17) is 0 Å². The number of hydrogen-bond acceptors (Lipinski definition) is 1. The van der Waals surface area contributed by atoms with E-state index in [0.717, 1.165) is 24.8 Å². The molecule has 0 aliphatic heterocycles. The molecule has 1 nitrogen and oxygen atoms in total. The van der Waals surface area contributed by atoms with Gasteiger partial charge in [0.05, 0.1) is 5.69 Å². The van der Waals surface area contributed by atoms with Gasteiger partial charge in [0.1, 0.15) is 5.82 Å². The minimum absolute atomic E-state index is 0.156. The Morgan fingerprint density at radius 2 is 2.15 bits per heavy atom. The van der Waals surface area contributed by atoms with Gasteiger partial charge in [-0.1, -0.05) is 25.5 Å². The van der Waals surface area contributed by atoms with Gasteiger partial charge in [-0.3, -0.25) is 0 Å². The summed E-state index contributed by atoms with van der Waals surface area (Å²) in [5, 5.41) is 2.90. The Balaban J connectivity index is 2.85. The quantitative estimate of drug-likeness (QED) is 0.752. The summed E-state index contributed by atoms with van der Waals surface area (Å²) in [6.07, 6.45) is 3.20. The second-order valence-electron chi connectivity index (χ2n) is 3.13. The molecule has 1 aromatic rings. The number of halogens is 1. The van der Waals surface area contributed by atoms with Gasteiger partial charge in [0.25, 0.3) is 0 Å². The van der Waals surface area contributed by atoms with Crippen LogP contribution in [0.25, 0.3) is 0 Å². The fourth-order valence-corrected chi connectivity index (χ4v) is 1.42. The van der Waals surface area contributed by atoms with E-state index < -0.39 is 0 Å². The van der Waals surface area contributed by atoms with Crippen LogP contribution < -0.4 is 5.32 Å². The standard InChI is InChI=1S/C11H16FN/c1-3-4-6-9-7-5-8-10(12)11(9)13-2/h5,7-8,13H,3-4,6H2,1-2H3. The third-order valence-electron chi connectivity index (χ3n) is 2.15. The number of unbranched alkanes of at least 4 members (excludes halogenated alkanes) is 1. The highest BCUT2D eigenvalue weighted by Crippen LogP contribution is 2.20. The molecule has 0 aliphatic rings. The highest BCUT2D eigenvalue weighted by molar-refractivity contribution is 5.51. The van der Waals surface area contributed by atoms with Gasteiger partial charge in [0, 0.05) is 7.05 Å². The van der Waals surface area contributed by atoms with Gasteiger partial charge in [-0.25, -0.2) is 4.39 Å². The molecule has 0 radical (unpaired) electrons. The predicted molar refractivity (Wildman–Crippen MR) is 54.6 cm³/mol. The topological polar surface area (TPSA) is 12.0 Å². The maximum atomic E-state index is 13.2. The Hall–Kier alpha value is -1.05. The van der Waals surface area contributed by atoms with Crippen LogP contribution in [0.2, 0.25) is 0 Å². The number of benzene rings is 1. The second kappa shape index (κ2) is 4.85. The molecule has 0 aromatic heterocycles. The molecule has 0 unspecified atom stereocenters. The first-order valence-corrected chi connectivity index (χ1v) is 4.74. The van der Waals surface area contributed by atoms with Crippen molar-refractivity contribution in [2.75, 3.05) is 12.4 Å². The third-order valence-corrected chi connectivity index (χ3v) is 2.15. The molecule has 0 amide bonds. The first-order chi connectivity index (χ1) is 6.29. The van der Waals surface area contributed by atoms with Gasteiger partial charge < -0.3 is 5.32 Å². The summed E-state index contributed by atoms with van der Waals surface area (Å²) in [5.74, 6) is -0.156. The van der Waals surface area contributed by atoms with Gasteiger partial charge in [-0.05, 0) is 24.5 Å². The fraction of sp³-hybridized carbons (Fsp3) is 0.455. The molecule has 0 saturated carbocycles. The lowest BCUT2D eigenvalue weighted by Gasteiger charge is -2.08. The predicted octanol–water partition coefficient (Wildman–Crippen LogP) is 3.21. The molecular formula is C11H16FN. The molecule has 0 heterocycles. The normalized spacial score (nSPS) is 10.1. The van der Waals surface area contributed by atoms with E-state index in [2.05, 4.69) is 12.2 Å². The van der Waals surface area contributed by atoms with E-state index in [9.17, 15) is 4.39 Å². The smallest absolute Gasteiger partial charge is 0.146 e. The van der Waals surface area contributed by atoms with Crippen molar-refractivity contribution in [2.45, 2.75) is 26.2 Å². The molecule has 0 atom stereocenters. The maximum Gasteiger partial charge on any atom is 0.146 e. The maximum absolute atomic E-state index is 13.2. The monoisotopic (exact) mass is 181 g/mol. The number of anilines is 1. The molecule has 72 valence electrons. The van der Waals surface area contributed by atoms with Crippen molar-refractivity contribution in [3.63, 3.8) is 0 Å². The summed E-state index contributed by atoms with van der Waals surface area (Å²) in [4.78, 5) is 0. The minimum atomic E-state index is -0.156. The average Bonchev–Trinajstić information content (AvgIpc) is 2.15. The van der Waals surface area contributed by atoms with Crippen LogP contribution in [0.15, 0.2) is 18.2 Å². The van der Waals surface area contributed by atoms with Gasteiger partial charge in [0.15, 0.2) is 0 Å². The molecule has 1 rings (SSSR count). The lowest BCUT2D eigenvalue weighted by molar-refractivity contribution is 0.628. The Kier molecular flexibility index (Phi) is 3.74. The summed E-state index contributed by atoms with van der Waals surface area (Å²) < 4.78 is 13.2. The van der Waals surface area contributed by atoms with Crippen molar-refractivity contribution in [3.8, 4) is 0 Å². The van der Waals surface area contributed by atoms with E-state index in [1.807, 2.05) is 6.07 Å². The van der Waals surface area contributed by atoms with Gasteiger partial charge in [-0.15, -0.1) is 0 Å². The van der Waals surface area contributed by atoms with Crippen molar-refractivity contribution < 1.29 is 4.39 Å². The molecule has 1 aromatic carbocycles. The van der Waals surface area contributed by atoms with Gasteiger partial charge in [-0.2, -0.15) is 0 Å². The van der Waals surface area contributed by atoms with Crippen LogP contribution in [-0.4, -0.2) is 7.05 Å². The molecular weight excluding hydrogens is 165 g/mol. The van der Waals surface area contributed by atoms with Crippen LogP contribution in [0.5, 0.6) is 0 Å². The lowest BCUT2D eigenvalue weighted by atomic mass is 10.1. The SMILES string of the molecule is CCCCc1cccc(F)c1NC. The van der Waals surface area contributed by atoms with E-state index >= 15 is 0 Å². The molecule has 0 fully saturated rings. The van der Waals surface area contributed by atoms with Crippen LogP contribution in [0.1, 0.15) is 25.3 Å². The van der Waals surface area contributed by atoms with Crippen LogP contribution in [0.3, 0.4) is 0 Å². The summed E-state index contributed by atoms with van der Waals surface area (Å²) in [6, 6.07) is 5.23. The Morgan fingerprint density at radius 1 is 1.38 bits per heavy atom. The molecule has 0 bridgehead atoms. The number of aryl methyl sites for hydroxylation is 1. The Morgan fingerprint density at radius 3 is 2.77 bits per heavy atom. The number of hydrogen-bond donors (Lipinski definition) is 1. The summed E-state index contributed by atoms with van der Waals surface area (Å²) in [5.41, 5.74) is 1.72. The highest BCUT2D eigenvalue weighted by Gasteiger charge is 2.04. The van der Waals surface area contributed by atoms with Gasteiger partial charge >= 0.3 is 0 Å². The van der Waals surface area contributed by atoms with Crippen LogP contribution in [0.4, 0.5) is 10.1 Å². The zero-order valence-corrected chi connectivity index (χ0v) is 8.23. The fourth-order valence-electron chi connectivity index (χ4n) is 1.42. The zero-order chi connectivity index (χ0) is 9.68. The molecule has 0 spiro atoms. The summed E-state index contributed by atoms with van der Waals surface area (Å²) in [6.45, 7) is 2.14. The molecule has 0 saturated heterocycles. The first-order valence-electron chi connectivity index (χ1n) is 4.74. The zero-order valence-electron chi connectivity index (χ0n) is 8.23. The van der Waals surface area contributed by atoms with E-state index in [1.165, 1.54) is 6.07 Å². The average molecular weight is 181 g/mol. The van der Waals surface area contributed by atoms with E-state index in [0.29, 0.717) is 5.69 Å². The summed E-state index contributed by atoms with van der Waals surface area (Å²) in [7, 11) is 1.76. The van der Waals surface area contributed by atoms with Crippen LogP contribution >= 0.6 is 0 Å². The largest absolute Gasteiger partial charge is 0.386 e. The first kappa shape index (κ1) is 10.0. The number of rotatable bonds is 4. The van der Waals surface area contributed by atoms with Crippen molar-refractivity contribution in [1.29, 1.82) is 0 Å². The highest BCUT2D eigenvalue weighted by atomic mass is 19.1. The number of para-hydroxylation sites is 1. The minimum Gasteiger partial charge on any atom is -0.386 e. The molecule has 2 heteroatoms. The number of nitrogens with one attached hydrogen (secondary N) is 1.